The standard InChI is InChI=1S/C8H12BrNOS/c1-5-4-6(9)8(12-5)7(11)2-3-10/h4,7,11H,2-3,10H2,1H3/t7-/m0/s1. The summed E-state index contributed by atoms with van der Waals surface area (Å²) in [5.41, 5.74) is 5.35. The van der Waals surface area contributed by atoms with Gasteiger partial charge in [0, 0.05) is 14.2 Å². The molecular weight excluding hydrogens is 238 g/mol. The molecule has 3 N–H and O–H groups in total. The first-order chi connectivity index (χ1) is 5.65. The number of aryl methyl sites for hydroxylation is 1. The van der Waals surface area contributed by atoms with E-state index in [1.807, 2.05) is 13.0 Å². The summed E-state index contributed by atoms with van der Waals surface area (Å²) in [4.78, 5) is 2.19. The summed E-state index contributed by atoms with van der Waals surface area (Å²) in [5, 5.41) is 9.62. The Labute approximate surface area is 84.5 Å². The lowest BCUT2D eigenvalue weighted by Crippen LogP contribution is -2.05. The third-order valence-corrected chi connectivity index (χ3v) is 3.65. The van der Waals surface area contributed by atoms with Crippen LogP contribution in [0.3, 0.4) is 0 Å². The van der Waals surface area contributed by atoms with Crippen molar-refractivity contribution in [2.24, 2.45) is 5.73 Å². The molecule has 0 aliphatic carbocycles. The van der Waals surface area contributed by atoms with Gasteiger partial charge in [-0.05, 0) is 41.9 Å². The zero-order valence-electron chi connectivity index (χ0n) is 6.88. The first kappa shape index (κ1) is 10.2. The summed E-state index contributed by atoms with van der Waals surface area (Å²) < 4.78 is 0.992. The predicted octanol–water partition coefficient (Wildman–Crippen LogP) is 2.20. The Bertz CT molecular complexity index is 262. The minimum Gasteiger partial charge on any atom is -0.387 e. The largest absolute Gasteiger partial charge is 0.387 e. The van der Waals surface area contributed by atoms with Gasteiger partial charge in [-0.3, -0.25) is 0 Å². The molecular formula is C8H12BrNOS. The van der Waals surface area contributed by atoms with Gasteiger partial charge in [-0.1, -0.05) is 0 Å². The number of hydrogen-bond acceptors (Lipinski definition) is 3. The first-order valence-corrected chi connectivity index (χ1v) is 5.40. The molecule has 0 unspecified atom stereocenters. The Morgan fingerprint density at radius 3 is 2.83 bits per heavy atom. The van der Waals surface area contributed by atoms with Gasteiger partial charge in [-0.2, -0.15) is 0 Å². The highest BCUT2D eigenvalue weighted by Gasteiger charge is 2.12. The summed E-state index contributed by atoms with van der Waals surface area (Å²) in [6.45, 7) is 2.54. The van der Waals surface area contributed by atoms with Crippen LogP contribution in [0.25, 0.3) is 0 Å². The number of halogens is 1. The van der Waals surface area contributed by atoms with Crippen LogP contribution in [0, 0.1) is 6.92 Å². The van der Waals surface area contributed by atoms with Crippen LogP contribution in [0.4, 0.5) is 0 Å². The average molecular weight is 250 g/mol. The van der Waals surface area contributed by atoms with Crippen molar-refractivity contribution in [3.8, 4) is 0 Å². The van der Waals surface area contributed by atoms with E-state index in [0.29, 0.717) is 13.0 Å². The van der Waals surface area contributed by atoms with Gasteiger partial charge in [0.1, 0.15) is 0 Å². The first-order valence-electron chi connectivity index (χ1n) is 3.79. The molecule has 0 radical (unpaired) electrons. The van der Waals surface area contributed by atoms with Gasteiger partial charge in [0.05, 0.1) is 6.10 Å². The molecule has 0 saturated heterocycles. The van der Waals surface area contributed by atoms with E-state index < -0.39 is 6.10 Å². The van der Waals surface area contributed by atoms with Gasteiger partial charge >= 0.3 is 0 Å². The number of aliphatic hydroxyl groups excluding tert-OH is 1. The fourth-order valence-electron chi connectivity index (χ4n) is 1.02. The number of hydrogen-bond donors (Lipinski definition) is 2. The van der Waals surface area contributed by atoms with Gasteiger partial charge in [-0.25, -0.2) is 0 Å². The summed E-state index contributed by atoms with van der Waals surface area (Å²) >= 11 is 5.01. The van der Waals surface area contributed by atoms with Crippen LogP contribution < -0.4 is 5.73 Å². The smallest absolute Gasteiger partial charge is 0.0905 e. The molecule has 0 saturated carbocycles. The molecule has 1 atom stereocenters. The quantitative estimate of drug-likeness (QED) is 0.863. The Morgan fingerprint density at radius 2 is 2.42 bits per heavy atom. The average Bonchev–Trinajstić information content (AvgIpc) is 2.30. The lowest BCUT2D eigenvalue weighted by molar-refractivity contribution is 0.173. The van der Waals surface area contributed by atoms with Crippen molar-refractivity contribution in [1.82, 2.24) is 0 Å². The Morgan fingerprint density at radius 1 is 1.75 bits per heavy atom. The van der Waals surface area contributed by atoms with Crippen molar-refractivity contribution in [3.63, 3.8) is 0 Å². The van der Waals surface area contributed by atoms with Crippen LogP contribution in [0.15, 0.2) is 10.5 Å². The number of rotatable bonds is 3. The molecule has 0 aliphatic heterocycles. The molecule has 0 fully saturated rings. The highest BCUT2D eigenvalue weighted by molar-refractivity contribution is 9.10. The molecule has 0 amide bonds. The van der Waals surface area contributed by atoms with Crippen LogP contribution in [0.5, 0.6) is 0 Å². The van der Waals surface area contributed by atoms with Crippen molar-refractivity contribution in [3.05, 3.63) is 20.3 Å². The van der Waals surface area contributed by atoms with E-state index in [2.05, 4.69) is 15.9 Å². The molecule has 0 bridgehead atoms. The molecule has 68 valence electrons. The highest BCUT2D eigenvalue weighted by Crippen LogP contribution is 2.33. The van der Waals surface area contributed by atoms with Gasteiger partial charge < -0.3 is 10.8 Å². The summed E-state index contributed by atoms with van der Waals surface area (Å²) in [5.74, 6) is 0. The van der Waals surface area contributed by atoms with Crippen molar-refractivity contribution in [2.75, 3.05) is 6.54 Å². The fourth-order valence-corrected chi connectivity index (χ4v) is 2.95. The van der Waals surface area contributed by atoms with E-state index in [0.717, 1.165) is 9.35 Å². The van der Waals surface area contributed by atoms with Crippen molar-refractivity contribution in [2.45, 2.75) is 19.4 Å². The topological polar surface area (TPSA) is 46.2 Å². The van der Waals surface area contributed by atoms with Gasteiger partial charge in [0.25, 0.3) is 0 Å². The van der Waals surface area contributed by atoms with E-state index in [-0.39, 0.29) is 0 Å². The molecule has 12 heavy (non-hydrogen) atoms. The molecule has 0 aliphatic rings. The Kier molecular flexibility index (Phi) is 3.71. The fraction of sp³-hybridized carbons (Fsp3) is 0.500. The van der Waals surface area contributed by atoms with Gasteiger partial charge in [-0.15, -0.1) is 11.3 Å². The lowest BCUT2D eigenvalue weighted by Gasteiger charge is -2.06. The summed E-state index contributed by atoms with van der Waals surface area (Å²) in [6.07, 6.45) is 0.210. The van der Waals surface area contributed by atoms with Crippen LogP contribution in [-0.4, -0.2) is 11.7 Å². The molecule has 4 heteroatoms. The normalized spacial score (nSPS) is 13.3. The Balaban J connectivity index is 2.79. The predicted molar refractivity (Wildman–Crippen MR) is 55.4 cm³/mol. The minimum absolute atomic E-state index is 0.414. The maximum Gasteiger partial charge on any atom is 0.0905 e. The molecule has 2 nitrogen and oxygen atoms in total. The van der Waals surface area contributed by atoms with E-state index in [1.165, 1.54) is 4.88 Å². The minimum atomic E-state index is -0.414. The van der Waals surface area contributed by atoms with Crippen LogP contribution >= 0.6 is 27.3 Å². The summed E-state index contributed by atoms with van der Waals surface area (Å²) in [6, 6.07) is 2.01. The molecule has 1 aromatic heterocycles. The third kappa shape index (κ3) is 2.29. The van der Waals surface area contributed by atoms with Gasteiger partial charge in [0.2, 0.25) is 0 Å². The van der Waals surface area contributed by atoms with Crippen molar-refractivity contribution in [1.29, 1.82) is 0 Å². The zero-order chi connectivity index (χ0) is 9.14. The highest BCUT2D eigenvalue weighted by atomic mass is 79.9. The summed E-state index contributed by atoms with van der Waals surface area (Å²) in [7, 11) is 0. The van der Waals surface area contributed by atoms with Crippen LogP contribution in [0.1, 0.15) is 22.3 Å². The van der Waals surface area contributed by atoms with Gasteiger partial charge in [0.15, 0.2) is 0 Å². The molecule has 1 aromatic rings. The van der Waals surface area contributed by atoms with Crippen LogP contribution in [-0.2, 0) is 0 Å². The number of nitrogens with two attached hydrogens (primary N) is 1. The second kappa shape index (κ2) is 4.37. The van der Waals surface area contributed by atoms with E-state index in [4.69, 9.17) is 5.73 Å². The number of thiophene rings is 1. The van der Waals surface area contributed by atoms with Crippen molar-refractivity contribution >= 4 is 27.3 Å². The molecule has 0 spiro atoms. The zero-order valence-corrected chi connectivity index (χ0v) is 9.28. The third-order valence-electron chi connectivity index (χ3n) is 1.58. The maximum atomic E-state index is 9.62. The lowest BCUT2D eigenvalue weighted by atomic mass is 10.2. The molecule has 0 aromatic carbocycles. The molecule has 1 rings (SSSR count). The monoisotopic (exact) mass is 249 g/mol. The Hall–Kier alpha value is 0.1000. The molecule has 1 heterocycles. The van der Waals surface area contributed by atoms with E-state index >= 15 is 0 Å². The second-order valence-corrected chi connectivity index (χ2v) is 4.80. The van der Waals surface area contributed by atoms with E-state index in [1.54, 1.807) is 11.3 Å². The van der Waals surface area contributed by atoms with Crippen molar-refractivity contribution < 1.29 is 5.11 Å². The number of aliphatic hydroxyl groups is 1. The maximum absolute atomic E-state index is 9.62. The second-order valence-electron chi connectivity index (χ2n) is 2.66. The van der Waals surface area contributed by atoms with Crippen LogP contribution in [0.2, 0.25) is 0 Å². The SMILES string of the molecule is Cc1cc(Br)c([C@@H](O)CCN)s1. The van der Waals surface area contributed by atoms with E-state index in [9.17, 15) is 5.11 Å².